The highest BCUT2D eigenvalue weighted by atomic mass is 16.3. The minimum absolute atomic E-state index is 0.136. The first-order chi connectivity index (χ1) is 12.6. The molecule has 0 atom stereocenters. The van der Waals surface area contributed by atoms with Crippen molar-refractivity contribution in [2.24, 2.45) is 0 Å². The van der Waals surface area contributed by atoms with E-state index in [1.54, 1.807) is 29.1 Å². The second kappa shape index (κ2) is 6.36. The van der Waals surface area contributed by atoms with Gasteiger partial charge in [0.2, 0.25) is 0 Å². The molecule has 7 heteroatoms. The minimum Gasteiger partial charge on any atom is -0.508 e. The van der Waals surface area contributed by atoms with Gasteiger partial charge in [0.1, 0.15) is 5.75 Å². The monoisotopic (exact) mass is 347 g/mol. The number of anilines is 1. The number of hydrogen-bond donors (Lipinski definition) is 3. The number of aromatic amines is 1. The van der Waals surface area contributed by atoms with Gasteiger partial charge in [-0.25, -0.2) is 0 Å². The van der Waals surface area contributed by atoms with Gasteiger partial charge in [-0.1, -0.05) is 30.3 Å². The number of hydrogen-bond acceptors (Lipinski definition) is 4. The maximum Gasteiger partial charge on any atom is 0.260 e. The molecular formula is C19H17N5O2. The number of carbonyl (C=O) groups is 1. The Morgan fingerprint density at radius 2 is 2.04 bits per heavy atom. The van der Waals surface area contributed by atoms with E-state index in [0.29, 0.717) is 23.4 Å². The van der Waals surface area contributed by atoms with Gasteiger partial charge in [-0.15, -0.1) is 0 Å². The van der Waals surface area contributed by atoms with E-state index < -0.39 is 0 Å². The summed E-state index contributed by atoms with van der Waals surface area (Å²) in [4.78, 5) is 12.6. The molecule has 0 fully saturated rings. The van der Waals surface area contributed by atoms with Crippen molar-refractivity contribution >= 4 is 22.6 Å². The van der Waals surface area contributed by atoms with Gasteiger partial charge >= 0.3 is 0 Å². The third-order valence-electron chi connectivity index (χ3n) is 4.30. The Bertz CT molecular complexity index is 1080. The maximum atomic E-state index is 12.6. The molecular weight excluding hydrogens is 330 g/mol. The Hall–Kier alpha value is -3.61. The summed E-state index contributed by atoms with van der Waals surface area (Å²) in [5, 5.41) is 24.3. The first-order valence-electron chi connectivity index (χ1n) is 8.16. The van der Waals surface area contributed by atoms with Gasteiger partial charge in [0.15, 0.2) is 5.82 Å². The highest BCUT2D eigenvalue weighted by Gasteiger charge is 2.17. The lowest BCUT2D eigenvalue weighted by atomic mass is 10.2. The average Bonchev–Trinajstić information content (AvgIpc) is 3.20. The van der Waals surface area contributed by atoms with E-state index >= 15 is 0 Å². The molecule has 130 valence electrons. The Morgan fingerprint density at radius 1 is 1.23 bits per heavy atom. The van der Waals surface area contributed by atoms with Crippen molar-refractivity contribution in [3.05, 3.63) is 71.5 Å². The molecule has 0 bridgehead atoms. The topological polar surface area (TPSA) is 95.8 Å². The summed E-state index contributed by atoms with van der Waals surface area (Å²) in [7, 11) is 0. The third kappa shape index (κ3) is 2.90. The second-order valence-corrected chi connectivity index (χ2v) is 6.04. The molecule has 7 nitrogen and oxygen atoms in total. The van der Waals surface area contributed by atoms with Crippen molar-refractivity contribution in [2.45, 2.75) is 13.5 Å². The molecule has 0 unspecified atom stereocenters. The van der Waals surface area contributed by atoms with Gasteiger partial charge in [-0.2, -0.15) is 10.2 Å². The smallest absolute Gasteiger partial charge is 0.260 e. The molecule has 0 aliphatic rings. The number of phenols is 1. The van der Waals surface area contributed by atoms with Crippen LogP contribution in [0.3, 0.4) is 0 Å². The summed E-state index contributed by atoms with van der Waals surface area (Å²) in [6, 6.07) is 14.8. The van der Waals surface area contributed by atoms with Gasteiger partial charge < -0.3 is 10.4 Å². The fourth-order valence-corrected chi connectivity index (χ4v) is 2.86. The number of amides is 1. The van der Waals surface area contributed by atoms with Crippen molar-refractivity contribution in [3.8, 4) is 5.75 Å². The molecule has 2 aromatic carbocycles. The van der Waals surface area contributed by atoms with E-state index in [1.807, 2.05) is 37.3 Å². The van der Waals surface area contributed by atoms with E-state index in [9.17, 15) is 9.90 Å². The Morgan fingerprint density at radius 3 is 2.85 bits per heavy atom. The molecule has 0 saturated heterocycles. The molecule has 0 aliphatic heterocycles. The fourth-order valence-electron chi connectivity index (χ4n) is 2.86. The Labute approximate surface area is 149 Å². The zero-order valence-corrected chi connectivity index (χ0v) is 14.1. The van der Waals surface area contributed by atoms with E-state index in [2.05, 4.69) is 20.6 Å². The normalized spacial score (nSPS) is 11.0. The molecule has 2 aromatic heterocycles. The maximum absolute atomic E-state index is 12.6. The predicted molar refractivity (Wildman–Crippen MR) is 98.2 cm³/mol. The van der Waals surface area contributed by atoms with E-state index in [1.165, 1.54) is 0 Å². The lowest BCUT2D eigenvalue weighted by molar-refractivity contribution is 0.102. The van der Waals surface area contributed by atoms with Crippen molar-refractivity contribution < 1.29 is 9.90 Å². The second-order valence-electron chi connectivity index (χ2n) is 6.04. The van der Waals surface area contributed by atoms with Crippen LogP contribution in [-0.2, 0) is 6.54 Å². The third-order valence-corrected chi connectivity index (χ3v) is 4.30. The summed E-state index contributed by atoms with van der Waals surface area (Å²) in [5.41, 5.74) is 3.04. The highest BCUT2D eigenvalue weighted by Crippen LogP contribution is 2.24. The van der Waals surface area contributed by atoms with Crippen molar-refractivity contribution in [3.63, 3.8) is 0 Å². The molecule has 0 aliphatic carbocycles. The standard InChI is InChI=1S/C19H17N5O2/c1-12-16(10-20-24(12)11-13-5-3-2-4-6-13)19(26)21-18-15-8-7-14(25)9-17(15)22-23-18/h2-10,25H,11H2,1H3,(H2,21,22,23,26). The van der Waals surface area contributed by atoms with Gasteiger partial charge in [0.05, 0.1) is 23.8 Å². The van der Waals surface area contributed by atoms with Crippen LogP contribution >= 0.6 is 0 Å². The number of phenolic OH excluding ortho intramolecular Hbond substituents is 1. The van der Waals surface area contributed by atoms with Crippen LogP contribution in [0.1, 0.15) is 21.6 Å². The molecule has 0 saturated carbocycles. The lowest BCUT2D eigenvalue weighted by Crippen LogP contribution is -2.14. The van der Waals surface area contributed by atoms with Gasteiger partial charge in [0, 0.05) is 17.1 Å². The van der Waals surface area contributed by atoms with Crippen LogP contribution in [0.15, 0.2) is 54.7 Å². The summed E-state index contributed by atoms with van der Waals surface area (Å²) < 4.78 is 1.80. The summed E-state index contributed by atoms with van der Waals surface area (Å²) in [5.74, 6) is 0.278. The van der Waals surface area contributed by atoms with Crippen molar-refractivity contribution in [1.82, 2.24) is 20.0 Å². The number of aromatic hydroxyl groups is 1. The number of nitrogens with zero attached hydrogens (tertiary/aromatic N) is 3. The quantitative estimate of drug-likeness (QED) is 0.529. The average molecular weight is 347 g/mol. The molecule has 4 rings (SSSR count). The van der Waals surface area contributed by atoms with Gasteiger partial charge in [-0.3, -0.25) is 14.6 Å². The molecule has 26 heavy (non-hydrogen) atoms. The molecule has 1 amide bonds. The fraction of sp³-hybridized carbons (Fsp3) is 0.105. The van der Waals surface area contributed by atoms with E-state index in [0.717, 1.165) is 16.6 Å². The Kier molecular flexibility index (Phi) is 3.89. The SMILES string of the molecule is Cc1c(C(=O)Nc2n[nH]c3cc(O)ccc23)cnn1Cc1ccccc1. The number of H-pyrrole nitrogens is 1. The number of fused-ring (bicyclic) bond motifs is 1. The summed E-state index contributed by atoms with van der Waals surface area (Å²) in [6.07, 6.45) is 1.56. The van der Waals surface area contributed by atoms with Crippen LogP contribution < -0.4 is 5.32 Å². The number of rotatable bonds is 4. The summed E-state index contributed by atoms with van der Waals surface area (Å²) >= 11 is 0. The number of nitrogens with one attached hydrogen (secondary N) is 2. The van der Waals surface area contributed by atoms with Crippen LogP contribution in [0.4, 0.5) is 5.82 Å². The minimum atomic E-state index is -0.275. The molecule has 2 heterocycles. The first kappa shape index (κ1) is 15.9. The zero-order valence-electron chi connectivity index (χ0n) is 14.1. The Balaban J connectivity index is 1.56. The highest BCUT2D eigenvalue weighted by molar-refractivity contribution is 6.08. The molecule has 4 aromatic rings. The van der Waals surface area contributed by atoms with Crippen molar-refractivity contribution in [2.75, 3.05) is 5.32 Å². The predicted octanol–water partition coefficient (Wildman–Crippen LogP) is 3.07. The first-order valence-corrected chi connectivity index (χ1v) is 8.16. The van der Waals surface area contributed by atoms with Crippen LogP contribution in [0, 0.1) is 6.92 Å². The van der Waals surface area contributed by atoms with Crippen LogP contribution in [-0.4, -0.2) is 31.0 Å². The number of aromatic nitrogens is 4. The van der Waals surface area contributed by atoms with E-state index in [4.69, 9.17) is 0 Å². The molecule has 3 N–H and O–H groups in total. The van der Waals surface area contributed by atoms with Crippen LogP contribution in [0.2, 0.25) is 0 Å². The van der Waals surface area contributed by atoms with E-state index in [-0.39, 0.29) is 11.7 Å². The largest absolute Gasteiger partial charge is 0.508 e. The number of benzene rings is 2. The van der Waals surface area contributed by atoms with Crippen LogP contribution in [0.5, 0.6) is 5.75 Å². The van der Waals surface area contributed by atoms with Gasteiger partial charge in [0.25, 0.3) is 5.91 Å². The lowest BCUT2D eigenvalue weighted by Gasteiger charge is -2.06. The zero-order chi connectivity index (χ0) is 18.1. The number of carbonyl (C=O) groups excluding carboxylic acids is 1. The molecule has 0 radical (unpaired) electrons. The molecule has 0 spiro atoms. The van der Waals surface area contributed by atoms with Crippen LogP contribution in [0.25, 0.3) is 10.9 Å². The summed E-state index contributed by atoms with van der Waals surface area (Å²) in [6.45, 7) is 2.47. The van der Waals surface area contributed by atoms with Gasteiger partial charge in [-0.05, 0) is 24.6 Å². The van der Waals surface area contributed by atoms with Crippen molar-refractivity contribution in [1.29, 1.82) is 0 Å².